The van der Waals surface area contributed by atoms with Crippen molar-refractivity contribution in [2.24, 2.45) is 17.3 Å². The number of rotatable bonds is 5. The number of Topliss-reactive ketones (excluding diaryl/α,β-unsaturated/α-hetero) is 1. The molecule has 2 saturated carbocycles. The highest BCUT2D eigenvalue weighted by Gasteiger charge is 2.59. The minimum Gasteiger partial charge on any atom is -0.493 e. The zero-order valence-corrected chi connectivity index (χ0v) is 18.9. The van der Waals surface area contributed by atoms with Crippen molar-refractivity contribution in [2.45, 2.75) is 78.2 Å². The molecule has 0 spiro atoms. The largest absolute Gasteiger partial charge is 0.493 e. The first-order chi connectivity index (χ1) is 14.7. The third-order valence-corrected chi connectivity index (χ3v) is 7.50. The molecule has 2 fully saturated rings. The number of esters is 2. The van der Waals surface area contributed by atoms with Crippen LogP contribution in [0.25, 0.3) is 0 Å². The van der Waals surface area contributed by atoms with Crippen LogP contribution in [0.4, 0.5) is 0 Å². The lowest BCUT2D eigenvalue weighted by molar-refractivity contribution is -0.153. The van der Waals surface area contributed by atoms with Crippen molar-refractivity contribution in [1.82, 2.24) is 0 Å². The van der Waals surface area contributed by atoms with Gasteiger partial charge in [0.05, 0.1) is 6.61 Å². The normalized spacial score (nSPS) is 31.3. The molecule has 0 heterocycles. The van der Waals surface area contributed by atoms with E-state index in [0.717, 1.165) is 43.4 Å². The Kier molecular flexibility index (Phi) is 5.84. The third-order valence-electron chi connectivity index (χ3n) is 7.50. The van der Waals surface area contributed by atoms with Crippen molar-refractivity contribution in [3.05, 3.63) is 23.3 Å². The van der Waals surface area contributed by atoms with Crippen molar-refractivity contribution in [2.75, 3.05) is 6.61 Å². The molecule has 3 aliphatic carbocycles. The molecular weight excluding hydrogens is 396 g/mol. The van der Waals surface area contributed by atoms with Crippen LogP contribution in [0.2, 0.25) is 0 Å². The van der Waals surface area contributed by atoms with Gasteiger partial charge < -0.3 is 14.2 Å². The number of carbonyl (C=O) groups is 3. The second kappa shape index (κ2) is 8.29. The van der Waals surface area contributed by atoms with Crippen LogP contribution in [0.15, 0.2) is 12.1 Å². The lowest BCUT2D eigenvalue weighted by Crippen LogP contribution is -2.43. The fourth-order valence-corrected chi connectivity index (χ4v) is 6.27. The van der Waals surface area contributed by atoms with Crippen LogP contribution in [0.1, 0.15) is 76.8 Å². The van der Waals surface area contributed by atoms with Gasteiger partial charge in [-0.1, -0.05) is 13.8 Å². The van der Waals surface area contributed by atoms with E-state index in [4.69, 9.17) is 14.2 Å². The average Bonchev–Trinajstić information content (AvgIpc) is 2.96. The topological polar surface area (TPSA) is 78.9 Å². The number of benzene rings is 1. The van der Waals surface area contributed by atoms with Crippen molar-refractivity contribution >= 4 is 17.7 Å². The fraction of sp³-hybridized carbons (Fsp3) is 0.640. The quantitative estimate of drug-likeness (QED) is 0.512. The first-order valence-corrected chi connectivity index (χ1v) is 11.4. The number of carbonyl (C=O) groups excluding carboxylic acids is 3. The highest BCUT2D eigenvalue weighted by atomic mass is 16.5. The number of hydrogen-bond acceptors (Lipinski definition) is 6. The van der Waals surface area contributed by atoms with E-state index >= 15 is 0 Å². The lowest BCUT2D eigenvalue weighted by atomic mass is 9.55. The molecule has 5 atom stereocenters. The molecule has 0 N–H and O–H groups in total. The van der Waals surface area contributed by atoms with Gasteiger partial charge in [0, 0.05) is 30.9 Å². The number of hydrogen-bond donors (Lipinski definition) is 0. The SMILES string of the molecule is CCCOc1cc2c(c(OC(C)=O)c1)[C@H]1CC[C@]3(C)C(=O)[C@@H](OC(C)=O)C[C@H]3[C@@H]1CC2. The molecule has 168 valence electrons. The van der Waals surface area contributed by atoms with E-state index in [0.29, 0.717) is 24.7 Å². The second-order valence-corrected chi connectivity index (χ2v) is 9.51. The van der Waals surface area contributed by atoms with E-state index in [-0.39, 0.29) is 23.6 Å². The van der Waals surface area contributed by atoms with Gasteiger partial charge in [-0.15, -0.1) is 0 Å². The molecule has 1 aromatic carbocycles. The zero-order chi connectivity index (χ0) is 22.3. The van der Waals surface area contributed by atoms with Crippen LogP contribution in [0.3, 0.4) is 0 Å². The highest BCUT2D eigenvalue weighted by molar-refractivity contribution is 5.93. The van der Waals surface area contributed by atoms with Crippen LogP contribution >= 0.6 is 0 Å². The summed E-state index contributed by atoms with van der Waals surface area (Å²) >= 11 is 0. The molecule has 1 aromatic rings. The van der Waals surface area contributed by atoms with Crippen LogP contribution in [0, 0.1) is 17.3 Å². The summed E-state index contributed by atoms with van der Waals surface area (Å²) in [7, 11) is 0. The number of fused-ring (bicyclic) bond motifs is 5. The van der Waals surface area contributed by atoms with Crippen molar-refractivity contribution in [3.8, 4) is 11.5 Å². The van der Waals surface area contributed by atoms with Gasteiger partial charge in [-0.2, -0.15) is 0 Å². The maximum Gasteiger partial charge on any atom is 0.308 e. The van der Waals surface area contributed by atoms with Crippen molar-refractivity contribution in [3.63, 3.8) is 0 Å². The van der Waals surface area contributed by atoms with Crippen LogP contribution in [-0.4, -0.2) is 30.4 Å². The smallest absolute Gasteiger partial charge is 0.308 e. The van der Waals surface area contributed by atoms with Gasteiger partial charge in [0.15, 0.2) is 11.9 Å². The standard InChI is InChI=1S/C25H32O6/c1-5-10-29-17-11-16-6-7-18-19(23(16)21(12-17)30-14(2)26)8-9-25(4)20(18)13-22(24(25)28)31-15(3)27/h11-12,18-20,22H,5-10,13H2,1-4H3/t18-,19+,20+,22+,25+/m1/s1. The summed E-state index contributed by atoms with van der Waals surface area (Å²) in [5.74, 6) is 1.34. The van der Waals surface area contributed by atoms with Crippen molar-refractivity contribution in [1.29, 1.82) is 0 Å². The molecule has 4 rings (SSSR count). The summed E-state index contributed by atoms with van der Waals surface area (Å²) in [6.45, 7) is 7.50. The Labute approximate surface area is 183 Å². The summed E-state index contributed by atoms with van der Waals surface area (Å²) in [6, 6.07) is 3.93. The predicted molar refractivity (Wildman–Crippen MR) is 114 cm³/mol. The molecule has 0 bridgehead atoms. The van der Waals surface area contributed by atoms with Gasteiger partial charge in [-0.3, -0.25) is 14.4 Å². The Balaban J connectivity index is 1.69. The molecule has 0 saturated heterocycles. The van der Waals surface area contributed by atoms with Gasteiger partial charge in [0.25, 0.3) is 0 Å². The summed E-state index contributed by atoms with van der Waals surface area (Å²) < 4.78 is 16.9. The third kappa shape index (κ3) is 3.85. The summed E-state index contributed by atoms with van der Waals surface area (Å²) in [5.41, 5.74) is 1.82. The van der Waals surface area contributed by atoms with Gasteiger partial charge in [-0.25, -0.2) is 0 Å². The Morgan fingerprint density at radius 2 is 1.94 bits per heavy atom. The van der Waals surface area contributed by atoms with Gasteiger partial charge in [-0.05, 0) is 67.9 Å². The first kappa shape index (κ1) is 21.8. The summed E-state index contributed by atoms with van der Waals surface area (Å²) in [4.78, 5) is 36.5. The van der Waals surface area contributed by atoms with Gasteiger partial charge in [0.2, 0.25) is 0 Å². The molecule has 6 heteroatoms. The first-order valence-electron chi connectivity index (χ1n) is 11.4. The molecule has 0 amide bonds. The lowest BCUT2D eigenvalue weighted by Gasteiger charge is -2.48. The highest BCUT2D eigenvalue weighted by Crippen LogP contribution is 2.61. The monoisotopic (exact) mass is 428 g/mol. The van der Waals surface area contributed by atoms with Crippen LogP contribution in [0.5, 0.6) is 11.5 Å². The Morgan fingerprint density at radius 1 is 1.16 bits per heavy atom. The molecule has 0 unspecified atom stereocenters. The predicted octanol–water partition coefficient (Wildman–Crippen LogP) is 4.37. The Hall–Kier alpha value is -2.37. The van der Waals surface area contributed by atoms with E-state index < -0.39 is 17.5 Å². The molecule has 3 aliphatic rings. The van der Waals surface area contributed by atoms with Crippen LogP contribution < -0.4 is 9.47 Å². The second-order valence-electron chi connectivity index (χ2n) is 9.51. The number of aryl methyl sites for hydroxylation is 1. The molecule has 31 heavy (non-hydrogen) atoms. The van der Waals surface area contributed by atoms with Gasteiger partial charge in [0.1, 0.15) is 11.5 Å². The minimum atomic E-state index is -0.634. The van der Waals surface area contributed by atoms with E-state index in [1.54, 1.807) is 0 Å². The number of ketones is 1. The average molecular weight is 429 g/mol. The van der Waals surface area contributed by atoms with Gasteiger partial charge >= 0.3 is 11.9 Å². The molecule has 0 aromatic heterocycles. The molecule has 6 nitrogen and oxygen atoms in total. The van der Waals surface area contributed by atoms with Crippen molar-refractivity contribution < 1.29 is 28.6 Å². The molecule has 0 radical (unpaired) electrons. The van der Waals surface area contributed by atoms with E-state index in [1.807, 2.05) is 13.0 Å². The Morgan fingerprint density at radius 3 is 2.61 bits per heavy atom. The maximum absolute atomic E-state index is 13.1. The minimum absolute atomic E-state index is 0.0699. The zero-order valence-electron chi connectivity index (χ0n) is 18.9. The Bertz CT molecular complexity index is 906. The van der Waals surface area contributed by atoms with E-state index in [9.17, 15) is 14.4 Å². The molecule has 0 aliphatic heterocycles. The number of ether oxygens (including phenoxy) is 3. The van der Waals surface area contributed by atoms with E-state index in [1.165, 1.54) is 19.4 Å². The summed E-state index contributed by atoms with van der Waals surface area (Å²) in [5, 5.41) is 0. The van der Waals surface area contributed by atoms with E-state index in [2.05, 4.69) is 13.0 Å². The fourth-order valence-electron chi connectivity index (χ4n) is 6.27. The molecular formula is C25H32O6. The maximum atomic E-state index is 13.1. The van der Waals surface area contributed by atoms with Crippen LogP contribution in [-0.2, 0) is 25.5 Å². The summed E-state index contributed by atoms with van der Waals surface area (Å²) in [6.07, 6.45) is 4.29.